The molecule has 0 spiro atoms. The highest BCUT2D eigenvalue weighted by atomic mass is 16.2. The van der Waals surface area contributed by atoms with Crippen LogP contribution in [-0.2, 0) is 9.59 Å². The van der Waals surface area contributed by atoms with Gasteiger partial charge in [0.05, 0.1) is 0 Å². The predicted octanol–water partition coefficient (Wildman–Crippen LogP) is 3.30. The van der Waals surface area contributed by atoms with Crippen LogP contribution in [0.3, 0.4) is 0 Å². The van der Waals surface area contributed by atoms with Crippen molar-refractivity contribution in [3.05, 3.63) is 0 Å². The molecular formula is C19H43N3O2. The smallest absolute Gasteiger partial charge is 0.225 e. The molecule has 0 bridgehead atoms. The van der Waals surface area contributed by atoms with Crippen LogP contribution in [0.25, 0.3) is 0 Å². The highest BCUT2D eigenvalue weighted by molar-refractivity contribution is 5.81. The normalized spacial score (nSPS) is 10.8. The molecule has 0 heterocycles. The molecule has 0 rings (SSSR count). The molecule has 5 nitrogen and oxygen atoms in total. The van der Waals surface area contributed by atoms with Gasteiger partial charge in [-0.15, -0.1) is 0 Å². The minimum Gasteiger partial charge on any atom is -0.354 e. The van der Waals surface area contributed by atoms with Crippen molar-refractivity contribution in [1.29, 1.82) is 0 Å². The lowest BCUT2D eigenvalue weighted by atomic mass is 9.96. The maximum atomic E-state index is 11.7. The Labute approximate surface area is 151 Å². The van der Waals surface area contributed by atoms with E-state index in [1.807, 2.05) is 76.3 Å². The molecule has 2 N–H and O–H groups in total. The molecule has 2 amide bonds. The molecule has 0 saturated heterocycles. The topological polar surface area (TPSA) is 61.4 Å². The summed E-state index contributed by atoms with van der Waals surface area (Å²) >= 11 is 0. The van der Waals surface area contributed by atoms with E-state index in [0.29, 0.717) is 13.1 Å². The first-order chi connectivity index (χ1) is 10.9. The summed E-state index contributed by atoms with van der Waals surface area (Å²) in [6.07, 6.45) is 0. The van der Waals surface area contributed by atoms with Crippen LogP contribution in [0.4, 0.5) is 0 Å². The molecule has 0 unspecified atom stereocenters. The van der Waals surface area contributed by atoms with Crippen molar-refractivity contribution in [3.63, 3.8) is 0 Å². The Morgan fingerprint density at radius 2 is 0.958 bits per heavy atom. The molecule has 5 heteroatoms. The van der Waals surface area contributed by atoms with Crippen molar-refractivity contribution in [1.82, 2.24) is 15.5 Å². The third-order valence-corrected chi connectivity index (χ3v) is 2.92. The van der Waals surface area contributed by atoms with Gasteiger partial charge in [-0.2, -0.15) is 0 Å². The second kappa shape index (κ2) is 14.3. The van der Waals surface area contributed by atoms with Crippen LogP contribution in [0.2, 0.25) is 0 Å². The Balaban J connectivity index is -0.00000102. The molecule has 0 aliphatic rings. The van der Waals surface area contributed by atoms with E-state index in [1.54, 1.807) is 0 Å². The number of amides is 2. The van der Waals surface area contributed by atoms with Crippen LogP contribution < -0.4 is 10.6 Å². The van der Waals surface area contributed by atoms with E-state index in [9.17, 15) is 9.59 Å². The van der Waals surface area contributed by atoms with Crippen molar-refractivity contribution in [2.24, 2.45) is 10.8 Å². The molecule has 0 aromatic heterocycles. The minimum atomic E-state index is -0.348. The highest BCUT2D eigenvalue weighted by Crippen LogP contribution is 2.12. The highest BCUT2D eigenvalue weighted by Gasteiger charge is 2.21. The van der Waals surface area contributed by atoms with Gasteiger partial charge in [0, 0.05) is 37.0 Å². The van der Waals surface area contributed by atoms with Crippen molar-refractivity contribution in [2.45, 2.75) is 69.2 Å². The van der Waals surface area contributed by atoms with E-state index in [-0.39, 0.29) is 22.6 Å². The number of rotatable bonds is 6. The zero-order chi connectivity index (χ0) is 20.0. The van der Waals surface area contributed by atoms with Gasteiger partial charge >= 0.3 is 0 Å². The van der Waals surface area contributed by atoms with Gasteiger partial charge in [-0.05, 0) is 7.05 Å². The maximum Gasteiger partial charge on any atom is 0.225 e. The van der Waals surface area contributed by atoms with Gasteiger partial charge in [0.15, 0.2) is 0 Å². The summed E-state index contributed by atoms with van der Waals surface area (Å²) in [6, 6.07) is 0. The monoisotopic (exact) mass is 345 g/mol. The van der Waals surface area contributed by atoms with Crippen molar-refractivity contribution >= 4 is 11.8 Å². The summed E-state index contributed by atoms with van der Waals surface area (Å²) < 4.78 is 0. The molecule has 0 aliphatic heterocycles. The zero-order valence-electron chi connectivity index (χ0n) is 18.1. The lowest BCUT2D eigenvalue weighted by molar-refractivity contribution is -0.129. The summed E-state index contributed by atoms with van der Waals surface area (Å²) in [4.78, 5) is 25.4. The standard InChI is InChI=1S/C15H31N3O2.2C2H6/c1-14(2,3)12(19)16-8-10-18(7)11-9-17-13(20)15(4,5)6;2*1-2/h8-11H2,1-7H3,(H,16,19)(H,17,20);2*1-2H3. The Morgan fingerprint density at radius 3 is 1.17 bits per heavy atom. The first-order valence-electron chi connectivity index (χ1n) is 9.20. The molecule has 0 aliphatic carbocycles. The number of carbonyl (C=O) groups is 2. The number of likely N-dealkylation sites (N-methyl/N-ethyl adjacent to an activating group) is 1. The SMILES string of the molecule is CC.CC.CN(CCNC(=O)C(C)(C)C)CCNC(=O)C(C)(C)C. The average Bonchev–Trinajstić information content (AvgIpc) is 2.49. The molecule has 24 heavy (non-hydrogen) atoms. The Hall–Kier alpha value is -1.10. The van der Waals surface area contributed by atoms with E-state index in [4.69, 9.17) is 0 Å². The van der Waals surface area contributed by atoms with Crippen LogP contribution in [0.1, 0.15) is 69.2 Å². The first kappa shape index (κ1) is 27.7. The van der Waals surface area contributed by atoms with Crippen LogP contribution in [0.5, 0.6) is 0 Å². The van der Waals surface area contributed by atoms with Crippen molar-refractivity contribution in [3.8, 4) is 0 Å². The van der Waals surface area contributed by atoms with E-state index in [1.165, 1.54) is 0 Å². The van der Waals surface area contributed by atoms with E-state index in [0.717, 1.165) is 13.1 Å². The number of carbonyl (C=O) groups excluding carboxylic acids is 2. The number of hydrogen-bond acceptors (Lipinski definition) is 3. The van der Waals surface area contributed by atoms with Gasteiger partial charge in [0.25, 0.3) is 0 Å². The fourth-order valence-corrected chi connectivity index (χ4v) is 1.36. The summed E-state index contributed by atoms with van der Waals surface area (Å²) in [5, 5.41) is 5.82. The summed E-state index contributed by atoms with van der Waals surface area (Å²) in [6.45, 7) is 22.2. The zero-order valence-corrected chi connectivity index (χ0v) is 18.1. The van der Waals surface area contributed by atoms with Gasteiger partial charge < -0.3 is 15.5 Å². The third-order valence-electron chi connectivity index (χ3n) is 2.92. The lowest BCUT2D eigenvalue weighted by Crippen LogP contribution is -2.42. The number of hydrogen-bond donors (Lipinski definition) is 2. The Morgan fingerprint density at radius 1 is 0.708 bits per heavy atom. The molecule has 0 radical (unpaired) electrons. The summed E-state index contributed by atoms with van der Waals surface area (Å²) in [7, 11) is 1.98. The average molecular weight is 346 g/mol. The van der Waals surface area contributed by atoms with Gasteiger partial charge in [-0.1, -0.05) is 69.2 Å². The summed E-state index contributed by atoms with van der Waals surface area (Å²) in [5.74, 6) is 0.124. The molecule has 0 aromatic carbocycles. The second-order valence-corrected chi connectivity index (χ2v) is 7.32. The van der Waals surface area contributed by atoms with Crippen LogP contribution in [0.15, 0.2) is 0 Å². The minimum absolute atomic E-state index is 0.0620. The lowest BCUT2D eigenvalue weighted by Gasteiger charge is -2.22. The van der Waals surface area contributed by atoms with E-state index >= 15 is 0 Å². The van der Waals surface area contributed by atoms with E-state index < -0.39 is 0 Å². The molecule has 0 aromatic rings. The maximum absolute atomic E-state index is 11.7. The quantitative estimate of drug-likeness (QED) is 0.776. The van der Waals surface area contributed by atoms with Gasteiger partial charge in [-0.3, -0.25) is 9.59 Å². The van der Waals surface area contributed by atoms with E-state index in [2.05, 4.69) is 15.5 Å². The Kier molecular flexibility index (Phi) is 16.5. The van der Waals surface area contributed by atoms with Crippen molar-refractivity contribution < 1.29 is 9.59 Å². The summed E-state index contributed by atoms with van der Waals surface area (Å²) in [5.41, 5.74) is -0.696. The molecule has 0 atom stereocenters. The Bertz CT molecular complexity index is 296. The van der Waals surface area contributed by atoms with Crippen LogP contribution in [-0.4, -0.2) is 49.9 Å². The fraction of sp³-hybridized carbons (Fsp3) is 0.895. The molecule has 146 valence electrons. The number of nitrogens with zero attached hydrogens (tertiary/aromatic N) is 1. The van der Waals surface area contributed by atoms with Crippen LogP contribution in [0, 0.1) is 10.8 Å². The molecular weight excluding hydrogens is 302 g/mol. The van der Waals surface area contributed by atoms with Gasteiger partial charge in [-0.25, -0.2) is 0 Å². The first-order valence-corrected chi connectivity index (χ1v) is 9.20. The van der Waals surface area contributed by atoms with Gasteiger partial charge in [0.2, 0.25) is 11.8 Å². The van der Waals surface area contributed by atoms with Crippen molar-refractivity contribution in [2.75, 3.05) is 33.2 Å². The third kappa shape index (κ3) is 15.8. The molecule has 0 fully saturated rings. The van der Waals surface area contributed by atoms with Crippen LogP contribution >= 0.6 is 0 Å². The largest absolute Gasteiger partial charge is 0.354 e. The number of nitrogens with one attached hydrogen (secondary N) is 2. The predicted molar refractivity (Wildman–Crippen MR) is 105 cm³/mol. The molecule has 0 saturated carbocycles. The van der Waals surface area contributed by atoms with Gasteiger partial charge in [0.1, 0.15) is 0 Å². The fourth-order valence-electron chi connectivity index (χ4n) is 1.36. The second-order valence-electron chi connectivity index (χ2n) is 7.32.